The lowest BCUT2D eigenvalue weighted by Crippen LogP contribution is -2.27. The van der Waals surface area contributed by atoms with Crippen LogP contribution < -0.4 is 10.6 Å². The van der Waals surface area contributed by atoms with E-state index in [1.54, 1.807) is 49.3 Å². The first-order chi connectivity index (χ1) is 11.5. The third-order valence-electron chi connectivity index (χ3n) is 3.20. The molecule has 0 bridgehead atoms. The van der Waals surface area contributed by atoms with Crippen molar-refractivity contribution in [1.82, 2.24) is 15.1 Å². The summed E-state index contributed by atoms with van der Waals surface area (Å²) in [6, 6.07) is 6.53. The SMILES string of the molecule is COCCNC(=O)c1ccc(NC(=O)Cc2ccn(C)n2)cc1Cl. The van der Waals surface area contributed by atoms with Crippen LogP contribution in [0.15, 0.2) is 30.5 Å². The largest absolute Gasteiger partial charge is 0.383 e. The second-order valence-corrected chi connectivity index (χ2v) is 5.56. The van der Waals surface area contributed by atoms with Gasteiger partial charge in [0.1, 0.15) is 0 Å². The van der Waals surface area contributed by atoms with Gasteiger partial charge in [0.25, 0.3) is 5.91 Å². The summed E-state index contributed by atoms with van der Waals surface area (Å²) < 4.78 is 6.51. The zero-order chi connectivity index (χ0) is 17.5. The predicted octanol–water partition coefficient (Wildman–Crippen LogP) is 1.63. The van der Waals surface area contributed by atoms with Crippen molar-refractivity contribution in [2.75, 3.05) is 25.6 Å². The van der Waals surface area contributed by atoms with E-state index in [1.807, 2.05) is 0 Å². The topological polar surface area (TPSA) is 85.3 Å². The maximum absolute atomic E-state index is 12.0. The minimum Gasteiger partial charge on any atom is -0.383 e. The lowest BCUT2D eigenvalue weighted by molar-refractivity contribution is -0.115. The minimum atomic E-state index is -0.289. The molecule has 2 N–H and O–H groups in total. The van der Waals surface area contributed by atoms with Gasteiger partial charge in [-0.25, -0.2) is 0 Å². The van der Waals surface area contributed by atoms with E-state index >= 15 is 0 Å². The maximum atomic E-state index is 12.0. The van der Waals surface area contributed by atoms with Crippen LogP contribution in [-0.4, -0.2) is 41.9 Å². The Kier molecular flexibility index (Phi) is 6.34. The zero-order valence-corrected chi connectivity index (χ0v) is 14.3. The van der Waals surface area contributed by atoms with Gasteiger partial charge in [0.15, 0.2) is 0 Å². The van der Waals surface area contributed by atoms with E-state index in [2.05, 4.69) is 15.7 Å². The molecule has 0 saturated heterocycles. The Bertz CT molecular complexity index is 730. The Balaban J connectivity index is 1.96. The van der Waals surface area contributed by atoms with Crippen LogP contribution >= 0.6 is 11.6 Å². The Morgan fingerprint density at radius 2 is 2.12 bits per heavy atom. The summed E-state index contributed by atoms with van der Waals surface area (Å²) in [6.07, 6.45) is 1.94. The van der Waals surface area contributed by atoms with Crippen molar-refractivity contribution in [2.45, 2.75) is 6.42 Å². The van der Waals surface area contributed by atoms with E-state index < -0.39 is 0 Å². The lowest BCUT2D eigenvalue weighted by atomic mass is 10.2. The average Bonchev–Trinajstić information content (AvgIpc) is 2.92. The van der Waals surface area contributed by atoms with Crippen molar-refractivity contribution in [3.8, 4) is 0 Å². The summed E-state index contributed by atoms with van der Waals surface area (Å²) in [6.45, 7) is 0.819. The number of nitrogens with zero attached hydrogens (tertiary/aromatic N) is 2. The van der Waals surface area contributed by atoms with Crippen LogP contribution in [0.3, 0.4) is 0 Å². The highest BCUT2D eigenvalue weighted by Gasteiger charge is 2.12. The molecule has 2 rings (SSSR count). The number of aryl methyl sites for hydroxylation is 1. The standard InChI is InChI=1S/C16H19ClN4O3/c1-21-7-5-12(20-21)10-15(22)19-11-3-4-13(14(17)9-11)16(23)18-6-8-24-2/h3-5,7,9H,6,8,10H2,1-2H3,(H,18,23)(H,19,22). The molecule has 0 spiro atoms. The number of aromatic nitrogens is 2. The van der Waals surface area contributed by atoms with Gasteiger partial charge in [-0.3, -0.25) is 14.3 Å². The molecule has 0 aliphatic heterocycles. The first-order valence-electron chi connectivity index (χ1n) is 7.34. The molecule has 1 aromatic heterocycles. The normalized spacial score (nSPS) is 10.5. The van der Waals surface area contributed by atoms with E-state index in [1.165, 1.54) is 0 Å². The third-order valence-corrected chi connectivity index (χ3v) is 3.51. The van der Waals surface area contributed by atoms with Crippen molar-refractivity contribution in [1.29, 1.82) is 0 Å². The zero-order valence-electron chi connectivity index (χ0n) is 13.5. The molecule has 1 aromatic carbocycles. The van der Waals surface area contributed by atoms with Crippen LogP contribution in [-0.2, 0) is 23.0 Å². The van der Waals surface area contributed by atoms with Crippen molar-refractivity contribution in [2.24, 2.45) is 7.05 Å². The van der Waals surface area contributed by atoms with Gasteiger partial charge in [-0.15, -0.1) is 0 Å². The van der Waals surface area contributed by atoms with E-state index in [0.29, 0.717) is 30.1 Å². The Hall–Kier alpha value is -2.38. The van der Waals surface area contributed by atoms with E-state index in [9.17, 15) is 9.59 Å². The lowest BCUT2D eigenvalue weighted by Gasteiger charge is -2.09. The minimum absolute atomic E-state index is 0.164. The maximum Gasteiger partial charge on any atom is 0.252 e. The molecule has 0 fully saturated rings. The first-order valence-corrected chi connectivity index (χ1v) is 7.72. The second-order valence-electron chi connectivity index (χ2n) is 5.15. The summed E-state index contributed by atoms with van der Waals surface area (Å²) in [5.74, 6) is -0.495. The monoisotopic (exact) mass is 350 g/mol. The van der Waals surface area contributed by atoms with Crippen molar-refractivity contribution in [3.05, 3.63) is 46.7 Å². The van der Waals surface area contributed by atoms with Gasteiger partial charge in [-0.2, -0.15) is 5.10 Å². The van der Waals surface area contributed by atoms with Crippen LogP contribution in [0.1, 0.15) is 16.1 Å². The van der Waals surface area contributed by atoms with Crippen molar-refractivity contribution in [3.63, 3.8) is 0 Å². The van der Waals surface area contributed by atoms with E-state index in [-0.39, 0.29) is 23.3 Å². The smallest absolute Gasteiger partial charge is 0.252 e. The molecule has 2 aromatic rings. The summed E-state index contributed by atoms with van der Waals surface area (Å²) in [5, 5.41) is 9.84. The molecule has 0 saturated carbocycles. The van der Waals surface area contributed by atoms with E-state index in [0.717, 1.165) is 0 Å². The van der Waals surface area contributed by atoms with Crippen LogP contribution in [0.5, 0.6) is 0 Å². The molecule has 0 unspecified atom stereocenters. The number of hydrogen-bond acceptors (Lipinski definition) is 4. The fraction of sp³-hybridized carbons (Fsp3) is 0.312. The number of halogens is 1. The summed E-state index contributed by atoms with van der Waals surface area (Å²) in [4.78, 5) is 24.0. The Morgan fingerprint density at radius 3 is 2.75 bits per heavy atom. The molecule has 0 radical (unpaired) electrons. The Labute approximate surface area is 144 Å². The number of ether oxygens (including phenoxy) is 1. The summed E-state index contributed by atoms with van der Waals surface area (Å²) >= 11 is 6.12. The van der Waals surface area contributed by atoms with Gasteiger partial charge < -0.3 is 15.4 Å². The van der Waals surface area contributed by atoms with Crippen LogP contribution in [0.2, 0.25) is 5.02 Å². The quantitative estimate of drug-likeness (QED) is 0.743. The summed E-state index contributed by atoms with van der Waals surface area (Å²) in [5.41, 5.74) is 1.54. The van der Waals surface area contributed by atoms with Crippen molar-refractivity contribution >= 4 is 29.1 Å². The van der Waals surface area contributed by atoms with Gasteiger partial charge in [0, 0.05) is 32.6 Å². The molecule has 0 aliphatic carbocycles. The van der Waals surface area contributed by atoms with Crippen LogP contribution in [0.4, 0.5) is 5.69 Å². The third kappa shape index (κ3) is 5.07. The fourth-order valence-corrected chi connectivity index (χ4v) is 2.33. The second kappa shape index (κ2) is 8.47. The highest BCUT2D eigenvalue weighted by atomic mass is 35.5. The average molecular weight is 351 g/mol. The molecule has 1 heterocycles. The number of carbonyl (C=O) groups is 2. The number of methoxy groups -OCH3 is 1. The number of nitrogens with one attached hydrogen (secondary N) is 2. The van der Waals surface area contributed by atoms with Crippen molar-refractivity contribution < 1.29 is 14.3 Å². The number of carbonyl (C=O) groups excluding carboxylic acids is 2. The number of benzene rings is 1. The number of hydrogen-bond donors (Lipinski definition) is 2. The van der Waals surface area contributed by atoms with Crippen LogP contribution in [0.25, 0.3) is 0 Å². The predicted molar refractivity (Wildman–Crippen MR) is 91.2 cm³/mol. The molecular formula is C16H19ClN4O3. The van der Waals surface area contributed by atoms with Gasteiger partial charge in [-0.05, 0) is 24.3 Å². The molecule has 128 valence electrons. The molecule has 24 heavy (non-hydrogen) atoms. The van der Waals surface area contributed by atoms with Gasteiger partial charge in [0.05, 0.1) is 29.3 Å². The van der Waals surface area contributed by atoms with E-state index in [4.69, 9.17) is 16.3 Å². The summed E-state index contributed by atoms with van der Waals surface area (Å²) in [7, 11) is 3.35. The highest BCUT2D eigenvalue weighted by molar-refractivity contribution is 6.34. The van der Waals surface area contributed by atoms with Crippen LogP contribution in [0, 0.1) is 0 Å². The fourth-order valence-electron chi connectivity index (χ4n) is 2.07. The van der Waals surface area contributed by atoms with Gasteiger partial charge in [-0.1, -0.05) is 11.6 Å². The number of amides is 2. The number of rotatable bonds is 7. The Morgan fingerprint density at radius 1 is 1.33 bits per heavy atom. The molecule has 0 aliphatic rings. The highest BCUT2D eigenvalue weighted by Crippen LogP contribution is 2.21. The van der Waals surface area contributed by atoms with Gasteiger partial charge in [0.2, 0.25) is 5.91 Å². The molecule has 7 nitrogen and oxygen atoms in total. The molecule has 2 amide bonds. The van der Waals surface area contributed by atoms with Gasteiger partial charge >= 0.3 is 0 Å². The number of anilines is 1. The first kappa shape index (κ1) is 18.0. The molecular weight excluding hydrogens is 332 g/mol. The molecule has 0 atom stereocenters. The molecule has 8 heteroatoms.